The maximum Gasteiger partial charge on any atom is 0.417 e. The fraction of sp³-hybridized carbons (Fsp3) is 0.0625. The molecule has 10 heteroatoms. The Morgan fingerprint density at radius 1 is 0.762 bits per heavy atom. The van der Waals surface area contributed by atoms with Crippen molar-refractivity contribution in [3.8, 4) is 34.0 Å². The van der Waals surface area contributed by atoms with E-state index in [0.717, 1.165) is 11.6 Å². The third kappa shape index (κ3) is 5.68. The Morgan fingerprint density at radius 3 is 2.12 bits per heavy atom. The minimum Gasteiger partial charge on any atom is -0.489 e. The molecular weight excluding hydrogens is 589 g/mol. The predicted molar refractivity (Wildman–Crippen MR) is 155 cm³/mol. The smallest absolute Gasteiger partial charge is 0.417 e. The van der Waals surface area contributed by atoms with Crippen molar-refractivity contribution in [3.63, 3.8) is 0 Å². The lowest BCUT2D eigenvalue weighted by Gasteiger charge is -2.13. The predicted octanol–water partition coefficient (Wildman–Crippen LogP) is 9.80. The fourth-order valence-electron chi connectivity index (χ4n) is 4.55. The highest BCUT2D eigenvalue weighted by molar-refractivity contribution is 6.31. The largest absolute Gasteiger partial charge is 0.489 e. The summed E-state index contributed by atoms with van der Waals surface area (Å²) in [6.45, 7) is 0.203. The summed E-state index contributed by atoms with van der Waals surface area (Å²) in [5.74, 6) is 0.150. The average Bonchev–Trinajstić information content (AvgIpc) is 3.36. The highest BCUT2D eigenvalue weighted by Gasteiger charge is 2.36. The van der Waals surface area contributed by atoms with Crippen molar-refractivity contribution in [1.29, 1.82) is 0 Å². The number of hydrogen-bond donors (Lipinski definition) is 0. The SMILES string of the molecule is Fc1ccc(COc2ccc(-c3cc(C(F)(F)F)c4c(-c5ccc(Cl)cc5)nn(-c5cccc(Cl)c5)c4n3)cc2)cc1. The molecule has 0 fully saturated rings. The van der Waals surface area contributed by atoms with Crippen molar-refractivity contribution in [1.82, 2.24) is 14.8 Å². The molecule has 6 rings (SSSR count). The van der Waals surface area contributed by atoms with Crippen LogP contribution < -0.4 is 4.74 Å². The monoisotopic (exact) mass is 607 g/mol. The highest BCUT2D eigenvalue weighted by Crippen LogP contribution is 2.42. The third-order valence-corrected chi connectivity index (χ3v) is 7.07. The normalized spacial score (nSPS) is 11.7. The van der Waals surface area contributed by atoms with Crippen molar-refractivity contribution in [2.45, 2.75) is 12.8 Å². The quantitative estimate of drug-likeness (QED) is 0.177. The van der Waals surface area contributed by atoms with Crippen LogP contribution in [0.1, 0.15) is 11.1 Å². The number of alkyl halides is 3. The van der Waals surface area contributed by atoms with Gasteiger partial charge in [-0.25, -0.2) is 14.1 Å². The summed E-state index contributed by atoms with van der Waals surface area (Å²) in [6, 6.07) is 26.6. The molecule has 0 radical (unpaired) electrons. The summed E-state index contributed by atoms with van der Waals surface area (Å²) in [4.78, 5) is 4.68. The fourth-order valence-corrected chi connectivity index (χ4v) is 4.86. The first-order valence-electron chi connectivity index (χ1n) is 12.7. The van der Waals surface area contributed by atoms with E-state index in [0.29, 0.717) is 32.6 Å². The summed E-state index contributed by atoms with van der Waals surface area (Å²) in [7, 11) is 0. The maximum absolute atomic E-state index is 14.6. The van der Waals surface area contributed by atoms with Gasteiger partial charge in [0.25, 0.3) is 0 Å². The molecule has 2 aromatic heterocycles. The van der Waals surface area contributed by atoms with Crippen molar-refractivity contribution in [2.24, 2.45) is 0 Å². The molecule has 0 aliphatic rings. The Labute approximate surface area is 247 Å². The number of fused-ring (bicyclic) bond motifs is 1. The first-order valence-corrected chi connectivity index (χ1v) is 13.4. The molecule has 0 amide bonds. The van der Waals surface area contributed by atoms with Crippen LogP contribution >= 0.6 is 23.2 Å². The van der Waals surface area contributed by atoms with E-state index >= 15 is 0 Å². The van der Waals surface area contributed by atoms with Gasteiger partial charge in [0.15, 0.2) is 5.65 Å². The van der Waals surface area contributed by atoms with Gasteiger partial charge in [-0.2, -0.15) is 18.3 Å². The molecule has 0 bridgehead atoms. The maximum atomic E-state index is 14.6. The first kappa shape index (κ1) is 27.8. The average molecular weight is 608 g/mol. The second-order valence-electron chi connectivity index (χ2n) is 9.44. The summed E-state index contributed by atoms with van der Waals surface area (Å²) in [5.41, 5.74) is 1.48. The highest BCUT2D eigenvalue weighted by atomic mass is 35.5. The van der Waals surface area contributed by atoms with Crippen LogP contribution in [-0.2, 0) is 12.8 Å². The van der Waals surface area contributed by atoms with Gasteiger partial charge in [0, 0.05) is 21.2 Å². The number of rotatable bonds is 6. The third-order valence-electron chi connectivity index (χ3n) is 6.58. The molecule has 0 aliphatic carbocycles. The van der Waals surface area contributed by atoms with Crippen LogP contribution in [0.15, 0.2) is 103 Å². The first-order chi connectivity index (χ1) is 20.2. The molecule has 6 aromatic rings. The molecule has 0 spiro atoms. The van der Waals surface area contributed by atoms with E-state index in [1.807, 2.05) is 0 Å². The molecule has 0 N–H and O–H groups in total. The van der Waals surface area contributed by atoms with Crippen molar-refractivity contribution >= 4 is 34.2 Å². The number of hydrogen-bond acceptors (Lipinski definition) is 3. The van der Waals surface area contributed by atoms with Gasteiger partial charge in [0.1, 0.15) is 23.9 Å². The van der Waals surface area contributed by atoms with Crippen molar-refractivity contribution in [3.05, 3.63) is 130 Å². The second kappa shape index (κ2) is 11.1. The Kier molecular flexibility index (Phi) is 7.35. The molecule has 0 atom stereocenters. The molecule has 4 aromatic carbocycles. The number of aromatic nitrogens is 3. The Hall–Kier alpha value is -4.40. The van der Waals surface area contributed by atoms with Crippen LogP contribution in [0.25, 0.3) is 39.2 Å². The van der Waals surface area contributed by atoms with Gasteiger partial charge in [-0.15, -0.1) is 0 Å². The van der Waals surface area contributed by atoms with Gasteiger partial charge < -0.3 is 4.74 Å². The van der Waals surface area contributed by atoms with Crippen LogP contribution in [0.2, 0.25) is 10.0 Å². The lowest BCUT2D eigenvalue weighted by atomic mass is 10.0. The Bertz CT molecular complexity index is 1890. The number of ether oxygens (including phenoxy) is 1. The minimum absolute atomic E-state index is 0.0173. The van der Waals surface area contributed by atoms with E-state index < -0.39 is 11.7 Å². The van der Waals surface area contributed by atoms with E-state index in [-0.39, 0.29) is 34.8 Å². The topological polar surface area (TPSA) is 39.9 Å². The standard InChI is InChI=1S/C32H19Cl2F4N3O/c33-22-10-6-21(7-11-22)30-29-27(32(36,37)38)17-28(39-31(29)41(40-30)25-3-1-2-23(34)16-25)20-8-14-26(15-9-20)42-18-19-4-12-24(35)13-5-19/h1-17H,18H2. The van der Waals surface area contributed by atoms with Gasteiger partial charge in [0.2, 0.25) is 0 Å². The van der Waals surface area contributed by atoms with E-state index in [1.165, 1.54) is 16.8 Å². The molecule has 4 nitrogen and oxygen atoms in total. The number of halogens is 6. The van der Waals surface area contributed by atoms with Crippen molar-refractivity contribution in [2.75, 3.05) is 0 Å². The van der Waals surface area contributed by atoms with Gasteiger partial charge in [-0.1, -0.05) is 53.5 Å². The number of nitrogens with zero attached hydrogens (tertiary/aromatic N) is 3. The zero-order valence-corrected chi connectivity index (χ0v) is 23.1. The molecule has 42 heavy (non-hydrogen) atoms. The van der Waals surface area contributed by atoms with E-state index in [9.17, 15) is 17.6 Å². The zero-order valence-electron chi connectivity index (χ0n) is 21.5. The Balaban J connectivity index is 1.47. The Morgan fingerprint density at radius 2 is 1.45 bits per heavy atom. The van der Waals surface area contributed by atoms with Gasteiger partial charge in [0.05, 0.1) is 22.3 Å². The van der Waals surface area contributed by atoms with E-state index in [1.54, 1.807) is 84.9 Å². The van der Waals surface area contributed by atoms with Gasteiger partial charge >= 0.3 is 6.18 Å². The van der Waals surface area contributed by atoms with Gasteiger partial charge in [-0.05, 0) is 78.4 Å². The summed E-state index contributed by atoms with van der Waals surface area (Å²) >= 11 is 12.3. The summed E-state index contributed by atoms with van der Waals surface area (Å²) in [6.07, 6.45) is -4.71. The van der Waals surface area contributed by atoms with Crippen LogP contribution in [0.5, 0.6) is 5.75 Å². The molecule has 0 aliphatic heterocycles. The number of benzene rings is 4. The van der Waals surface area contributed by atoms with Crippen LogP contribution in [0.3, 0.4) is 0 Å². The lowest BCUT2D eigenvalue weighted by molar-refractivity contribution is -0.136. The van der Waals surface area contributed by atoms with Crippen LogP contribution in [0.4, 0.5) is 17.6 Å². The molecular formula is C32H19Cl2F4N3O. The van der Waals surface area contributed by atoms with Gasteiger partial charge in [-0.3, -0.25) is 0 Å². The van der Waals surface area contributed by atoms with Crippen LogP contribution in [0, 0.1) is 5.82 Å². The number of pyridine rings is 1. The molecule has 0 saturated carbocycles. The minimum atomic E-state index is -4.71. The van der Waals surface area contributed by atoms with Crippen LogP contribution in [-0.4, -0.2) is 14.8 Å². The molecule has 0 saturated heterocycles. The van der Waals surface area contributed by atoms with E-state index in [2.05, 4.69) is 10.1 Å². The van der Waals surface area contributed by atoms with Crippen molar-refractivity contribution < 1.29 is 22.3 Å². The molecule has 2 heterocycles. The summed E-state index contributed by atoms with van der Waals surface area (Å²) < 4.78 is 64.2. The molecule has 210 valence electrons. The second-order valence-corrected chi connectivity index (χ2v) is 10.3. The lowest BCUT2D eigenvalue weighted by Crippen LogP contribution is -2.08. The molecule has 0 unspecified atom stereocenters. The van der Waals surface area contributed by atoms with E-state index in [4.69, 9.17) is 27.9 Å². The summed E-state index contributed by atoms with van der Waals surface area (Å²) in [5, 5.41) is 5.28. The zero-order chi connectivity index (χ0) is 29.4.